The van der Waals surface area contributed by atoms with Crippen LogP contribution in [0.5, 0.6) is 0 Å². The Kier molecular flexibility index (Phi) is 4.00. The van der Waals surface area contributed by atoms with Gasteiger partial charge in [0.15, 0.2) is 0 Å². The third-order valence-corrected chi connectivity index (χ3v) is 7.22. The highest BCUT2D eigenvalue weighted by Crippen LogP contribution is 2.47. The first kappa shape index (κ1) is 17.7. The summed E-state index contributed by atoms with van der Waals surface area (Å²) in [6.45, 7) is 6.74. The molecule has 3 aliphatic rings. The minimum Gasteiger partial charge on any atom is -0.339 e. The van der Waals surface area contributed by atoms with Gasteiger partial charge in [0, 0.05) is 37.8 Å². The van der Waals surface area contributed by atoms with Crippen LogP contribution in [0.4, 0.5) is 0 Å². The van der Waals surface area contributed by atoms with Gasteiger partial charge in [-0.3, -0.25) is 14.0 Å². The van der Waals surface area contributed by atoms with Crippen LogP contribution in [0.3, 0.4) is 0 Å². The molecule has 3 fully saturated rings. The number of hydrogen-bond donors (Lipinski definition) is 0. The molecule has 3 atom stereocenters. The van der Waals surface area contributed by atoms with E-state index >= 15 is 0 Å². The molecule has 5 rings (SSSR count). The first-order valence-electron chi connectivity index (χ1n) is 10.5. The summed E-state index contributed by atoms with van der Waals surface area (Å²) < 4.78 is 1.86. The number of piperidine rings is 1. The van der Waals surface area contributed by atoms with Crippen LogP contribution in [0.1, 0.15) is 50.0 Å². The van der Waals surface area contributed by atoms with Crippen molar-refractivity contribution in [1.82, 2.24) is 19.2 Å². The number of amides is 2. The van der Waals surface area contributed by atoms with Crippen LogP contribution in [-0.2, 0) is 4.79 Å². The molecule has 0 bridgehead atoms. The van der Waals surface area contributed by atoms with Gasteiger partial charge < -0.3 is 9.80 Å². The molecular formula is C22H28N4O2. The van der Waals surface area contributed by atoms with E-state index in [1.807, 2.05) is 33.7 Å². The van der Waals surface area contributed by atoms with E-state index in [4.69, 9.17) is 0 Å². The number of nitrogens with zero attached hydrogens (tertiary/aromatic N) is 4. The van der Waals surface area contributed by atoms with Crippen LogP contribution < -0.4 is 0 Å². The quantitative estimate of drug-likeness (QED) is 0.805. The van der Waals surface area contributed by atoms with Crippen molar-refractivity contribution in [3.05, 3.63) is 36.3 Å². The van der Waals surface area contributed by atoms with Crippen LogP contribution in [0.15, 0.2) is 30.6 Å². The monoisotopic (exact) mass is 380 g/mol. The van der Waals surface area contributed by atoms with E-state index in [2.05, 4.69) is 23.7 Å². The Bertz CT molecular complexity index is 928. The SMILES string of the molecule is CC1CC2(CCN(C(=O)c3cnc4ccccn34)CC2)CN1C(=O)[C@H]1C[C@@H]1C. The van der Waals surface area contributed by atoms with E-state index in [1.165, 1.54) is 0 Å². The van der Waals surface area contributed by atoms with Crippen molar-refractivity contribution in [2.75, 3.05) is 19.6 Å². The third kappa shape index (κ3) is 2.81. The van der Waals surface area contributed by atoms with E-state index in [0.717, 1.165) is 51.0 Å². The predicted molar refractivity (Wildman–Crippen MR) is 106 cm³/mol. The molecule has 148 valence electrons. The lowest BCUT2D eigenvalue weighted by molar-refractivity contribution is -0.133. The van der Waals surface area contributed by atoms with Crippen molar-refractivity contribution in [1.29, 1.82) is 0 Å². The number of pyridine rings is 1. The molecule has 1 spiro atoms. The average Bonchev–Trinajstić information content (AvgIpc) is 3.14. The molecule has 2 amide bonds. The number of carbonyl (C=O) groups is 2. The van der Waals surface area contributed by atoms with E-state index < -0.39 is 0 Å². The molecule has 28 heavy (non-hydrogen) atoms. The summed E-state index contributed by atoms with van der Waals surface area (Å²) in [4.78, 5) is 34.2. The second-order valence-electron chi connectivity index (χ2n) is 9.20. The van der Waals surface area contributed by atoms with Crippen molar-refractivity contribution < 1.29 is 9.59 Å². The first-order chi connectivity index (χ1) is 13.5. The standard InChI is InChI=1S/C22H28N4O2/c1-15-11-17(15)20(27)26-14-22(12-16(26)2)6-9-24(10-7-22)21(28)18-13-23-19-5-3-4-8-25(18)19/h3-5,8,13,15-17H,6-7,9-12,14H2,1-2H3/t15-,16?,17-/m0/s1. The molecule has 4 heterocycles. The fourth-order valence-electron chi connectivity index (χ4n) is 5.29. The summed E-state index contributed by atoms with van der Waals surface area (Å²) in [6.07, 6.45) is 7.64. The highest BCUT2D eigenvalue weighted by molar-refractivity contribution is 5.93. The molecule has 2 saturated heterocycles. The van der Waals surface area contributed by atoms with Gasteiger partial charge in [0.1, 0.15) is 11.3 Å². The Morgan fingerprint density at radius 3 is 2.64 bits per heavy atom. The first-order valence-corrected chi connectivity index (χ1v) is 10.5. The zero-order chi connectivity index (χ0) is 19.5. The summed E-state index contributed by atoms with van der Waals surface area (Å²) in [5, 5.41) is 0. The summed E-state index contributed by atoms with van der Waals surface area (Å²) in [5.74, 6) is 1.23. The zero-order valence-corrected chi connectivity index (χ0v) is 16.7. The van der Waals surface area contributed by atoms with Gasteiger partial charge >= 0.3 is 0 Å². The molecule has 0 N–H and O–H groups in total. The molecule has 2 aromatic rings. The minimum absolute atomic E-state index is 0.0549. The fraction of sp³-hybridized carbons (Fsp3) is 0.591. The lowest BCUT2D eigenvalue weighted by Crippen LogP contribution is -2.45. The highest BCUT2D eigenvalue weighted by atomic mass is 16.2. The zero-order valence-electron chi connectivity index (χ0n) is 16.7. The van der Waals surface area contributed by atoms with Crippen LogP contribution in [0.25, 0.3) is 5.65 Å². The molecule has 6 heteroatoms. The van der Waals surface area contributed by atoms with Gasteiger partial charge in [0.2, 0.25) is 5.91 Å². The minimum atomic E-state index is 0.0549. The van der Waals surface area contributed by atoms with Crippen LogP contribution in [0.2, 0.25) is 0 Å². The Labute approximate surface area is 165 Å². The maximum absolute atomic E-state index is 13.0. The number of rotatable bonds is 2. The summed E-state index contributed by atoms with van der Waals surface area (Å²) in [6, 6.07) is 6.08. The van der Waals surface area contributed by atoms with Crippen LogP contribution in [-0.4, -0.2) is 56.7 Å². The summed E-state index contributed by atoms with van der Waals surface area (Å²) >= 11 is 0. The maximum Gasteiger partial charge on any atom is 0.272 e. The topological polar surface area (TPSA) is 57.9 Å². The number of fused-ring (bicyclic) bond motifs is 1. The van der Waals surface area contributed by atoms with Crippen molar-refractivity contribution in [2.24, 2.45) is 17.3 Å². The van der Waals surface area contributed by atoms with E-state index in [-0.39, 0.29) is 17.2 Å². The second-order valence-corrected chi connectivity index (χ2v) is 9.20. The van der Waals surface area contributed by atoms with Crippen LogP contribution >= 0.6 is 0 Å². The number of imidazole rings is 1. The van der Waals surface area contributed by atoms with Gasteiger partial charge in [0.05, 0.1) is 6.20 Å². The Hall–Kier alpha value is -2.37. The van der Waals surface area contributed by atoms with Gasteiger partial charge in [-0.15, -0.1) is 0 Å². The summed E-state index contributed by atoms with van der Waals surface area (Å²) in [7, 11) is 0. The molecule has 1 aliphatic carbocycles. The Morgan fingerprint density at radius 2 is 1.93 bits per heavy atom. The van der Waals surface area contributed by atoms with Crippen molar-refractivity contribution in [2.45, 2.75) is 45.6 Å². The largest absolute Gasteiger partial charge is 0.339 e. The highest BCUT2D eigenvalue weighted by Gasteiger charge is 2.50. The van der Waals surface area contributed by atoms with Crippen molar-refractivity contribution >= 4 is 17.5 Å². The number of likely N-dealkylation sites (tertiary alicyclic amines) is 2. The Morgan fingerprint density at radius 1 is 1.18 bits per heavy atom. The fourth-order valence-corrected chi connectivity index (χ4v) is 5.29. The number of carbonyl (C=O) groups excluding carboxylic acids is 2. The van der Waals surface area contributed by atoms with E-state index in [9.17, 15) is 9.59 Å². The normalized spacial score (nSPS) is 28.9. The average molecular weight is 380 g/mol. The van der Waals surface area contributed by atoms with Gasteiger partial charge in [0.25, 0.3) is 5.91 Å². The lowest BCUT2D eigenvalue weighted by atomic mass is 9.76. The van der Waals surface area contributed by atoms with Crippen LogP contribution in [0, 0.1) is 17.3 Å². The molecule has 0 radical (unpaired) electrons. The number of hydrogen-bond acceptors (Lipinski definition) is 3. The lowest BCUT2D eigenvalue weighted by Gasteiger charge is -2.39. The molecular weight excluding hydrogens is 352 g/mol. The van der Waals surface area contributed by atoms with Gasteiger partial charge in [-0.05, 0) is 56.1 Å². The predicted octanol–water partition coefficient (Wildman–Crippen LogP) is 2.83. The summed E-state index contributed by atoms with van der Waals surface area (Å²) in [5.41, 5.74) is 1.61. The molecule has 2 aliphatic heterocycles. The molecule has 2 aromatic heterocycles. The van der Waals surface area contributed by atoms with Crippen molar-refractivity contribution in [3.8, 4) is 0 Å². The van der Waals surface area contributed by atoms with E-state index in [1.54, 1.807) is 6.20 Å². The maximum atomic E-state index is 13.0. The Balaban J connectivity index is 1.26. The van der Waals surface area contributed by atoms with Gasteiger partial charge in [-0.2, -0.15) is 0 Å². The molecule has 1 unspecified atom stereocenters. The van der Waals surface area contributed by atoms with Gasteiger partial charge in [-0.25, -0.2) is 4.98 Å². The second kappa shape index (κ2) is 6.33. The van der Waals surface area contributed by atoms with E-state index in [0.29, 0.717) is 23.6 Å². The number of aromatic nitrogens is 2. The third-order valence-electron chi connectivity index (χ3n) is 7.22. The smallest absolute Gasteiger partial charge is 0.272 e. The molecule has 6 nitrogen and oxygen atoms in total. The van der Waals surface area contributed by atoms with Crippen molar-refractivity contribution in [3.63, 3.8) is 0 Å². The van der Waals surface area contributed by atoms with Gasteiger partial charge in [-0.1, -0.05) is 13.0 Å². The molecule has 0 aromatic carbocycles. The molecule has 1 saturated carbocycles.